The number of hydrogen-bond donors (Lipinski definition) is 0. The first-order chi connectivity index (χ1) is 13.5. The molecule has 1 atom stereocenters. The van der Waals surface area contributed by atoms with Gasteiger partial charge in [-0.05, 0) is 39.0 Å². The summed E-state index contributed by atoms with van der Waals surface area (Å²) in [6.07, 6.45) is 9.42. The van der Waals surface area contributed by atoms with Gasteiger partial charge < -0.3 is 18.9 Å². The highest BCUT2D eigenvalue weighted by Crippen LogP contribution is 2.29. The first-order valence-corrected chi connectivity index (χ1v) is 11.3. The second-order valence-corrected chi connectivity index (χ2v) is 7.38. The first-order valence-electron chi connectivity index (χ1n) is 11.3. The molecule has 0 aromatic carbocycles. The maximum Gasteiger partial charge on any atom is 0.333 e. The Hall–Kier alpha value is -0.910. The SMILES string of the molecule is C=C(C)C(=O)OC(CCCCCCCC)C(OCCC)(OCCC)OCCC. The molecule has 28 heavy (non-hydrogen) atoms. The molecule has 0 radical (unpaired) electrons. The summed E-state index contributed by atoms with van der Waals surface area (Å²) in [6, 6.07) is 0. The predicted octanol–water partition coefficient (Wildman–Crippen LogP) is 6.16. The minimum atomic E-state index is -1.35. The highest BCUT2D eigenvalue weighted by molar-refractivity contribution is 5.87. The molecular formula is C23H44O5. The zero-order chi connectivity index (χ0) is 21.3. The van der Waals surface area contributed by atoms with Crippen LogP contribution in [0, 0.1) is 0 Å². The minimum Gasteiger partial charge on any atom is -0.450 e. The Morgan fingerprint density at radius 1 is 0.786 bits per heavy atom. The fraction of sp³-hybridized carbons (Fsp3) is 0.870. The van der Waals surface area contributed by atoms with E-state index in [4.69, 9.17) is 18.9 Å². The van der Waals surface area contributed by atoms with Gasteiger partial charge in [0, 0.05) is 5.57 Å². The Bertz CT molecular complexity index is 386. The van der Waals surface area contributed by atoms with E-state index in [0.29, 0.717) is 31.8 Å². The van der Waals surface area contributed by atoms with Crippen LogP contribution in [0.2, 0.25) is 0 Å². The molecule has 5 nitrogen and oxygen atoms in total. The Morgan fingerprint density at radius 3 is 1.68 bits per heavy atom. The summed E-state index contributed by atoms with van der Waals surface area (Å²) >= 11 is 0. The summed E-state index contributed by atoms with van der Waals surface area (Å²) < 4.78 is 24.0. The smallest absolute Gasteiger partial charge is 0.333 e. The van der Waals surface area contributed by atoms with Crippen molar-refractivity contribution in [1.82, 2.24) is 0 Å². The van der Waals surface area contributed by atoms with Crippen molar-refractivity contribution in [2.24, 2.45) is 0 Å². The molecule has 0 bridgehead atoms. The van der Waals surface area contributed by atoms with Crippen molar-refractivity contribution >= 4 is 5.97 Å². The summed E-state index contributed by atoms with van der Waals surface area (Å²) in [6.45, 7) is 15.1. The van der Waals surface area contributed by atoms with E-state index in [0.717, 1.165) is 32.1 Å². The third-order valence-electron chi connectivity index (χ3n) is 4.33. The van der Waals surface area contributed by atoms with Crippen molar-refractivity contribution in [3.8, 4) is 0 Å². The van der Waals surface area contributed by atoms with Gasteiger partial charge in [-0.3, -0.25) is 0 Å². The fourth-order valence-corrected chi connectivity index (χ4v) is 2.78. The van der Waals surface area contributed by atoms with Gasteiger partial charge in [0.2, 0.25) is 0 Å². The lowest BCUT2D eigenvalue weighted by Gasteiger charge is -2.39. The van der Waals surface area contributed by atoms with Crippen LogP contribution >= 0.6 is 0 Å². The van der Waals surface area contributed by atoms with E-state index < -0.39 is 18.0 Å². The highest BCUT2D eigenvalue weighted by Gasteiger charge is 2.45. The van der Waals surface area contributed by atoms with E-state index in [1.165, 1.54) is 25.7 Å². The van der Waals surface area contributed by atoms with Crippen molar-refractivity contribution in [1.29, 1.82) is 0 Å². The molecule has 0 amide bonds. The van der Waals surface area contributed by atoms with Gasteiger partial charge in [-0.1, -0.05) is 66.4 Å². The molecule has 0 saturated carbocycles. The topological polar surface area (TPSA) is 54.0 Å². The van der Waals surface area contributed by atoms with E-state index in [9.17, 15) is 4.79 Å². The van der Waals surface area contributed by atoms with Gasteiger partial charge >= 0.3 is 11.9 Å². The standard InChI is InChI=1S/C23H44O5/c1-7-11-12-13-14-15-16-21(28-22(24)20(5)6)23(25-17-8-2,26-18-9-3)27-19-10-4/h21H,5,7-19H2,1-4,6H3. The van der Waals surface area contributed by atoms with Crippen LogP contribution in [0.1, 0.15) is 98.8 Å². The average molecular weight is 401 g/mol. The number of carbonyl (C=O) groups is 1. The predicted molar refractivity (Wildman–Crippen MR) is 114 cm³/mol. The normalized spacial score (nSPS) is 12.8. The molecule has 0 saturated heterocycles. The number of unbranched alkanes of at least 4 members (excludes halogenated alkanes) is 5. The minimum absolute atomic E-state index is 0.364. The molecule has 0 aliphatic heterocycles. The van der Waals surface area contributed by atoms with E-state index in [1.54, 1.807) is 6.92 Å². The molecular weight excluding hydrogens is 356 g/mol. The van der Waals surface area contributed by atoms with Crippen LogP contribution in [-0.4, -0.2) is 37.9 Å². The van der Waals surface area contributed by atoms with Crippen LogP contribution in [0.5, 0.6) is 0 Å². The second kappa shape index (κ2) is 17.0. The number of esters is 1. The third kappa shape index (κ3) is 11.2. The van der Waals surface area contributed by atoms with Crippen molar-refractivity contribution in [2.45, 2.75) is 111 Å². The van der Waals surface area contributed by atoms with E-state index in [2.05, 4.69) is 13.5 Å². The van der Waals surface area contributed by atoms with Gasteiger partial charge in [0.1, 0.15) is 0 Å². The first kappa shape index (κ1) is 27.1. The second-order valence-electron chi connectivity index (χ2n) is 7.38. The molecule has 0 spiro atoms. The van der Waals surface area contributed by atoms with E-state index in [-0.39, 0.29) is 0 Å². The van der Waals surface area contributed by atoms with E-state index >= 15 is 0 Å². The molecule has 0 aromatic heterocycles. The lowest BCUT2D eigenvalue weighted by atomic mass is 10.1. The fourth-order valence-electron chi connectivity index (χ4n) is 2.78. The Kier molecular flexibility index (Phi) is 16.4. The average Bonchev–Trinajstić information content (AvgIpc) is 2.69. The maximum atomic E-state index is 12.3. The van der Waals surface area contributed by atoms with Gasteiger partial charge in [-0.25, -0.2) is 4.79 Å². The molecule has 0 heterocycles. The van der Waals surface area contributed by atoms with Crippen LogP contribution in [0.4, 0.5) is 0 Å². The summed E-state index contributed by atoms with van der Waals surface area (Å²) in [5.74, 6) is -1.78. The van der Waals surface area contributed by atoms with Crippen LogP contribution in [0.3, 0.4) is 0 Å². The number of ether oxygens (including phenoxy) is 4. The van der Waals surface area contributed by atoms with Crippen LogP contribution in [-0.2, 0) is 23.7 Å². The van der Waals surface area contributed by atoms with Gasteiger partial charge in [0.25, 0.3) is 0 Å². The lowest BCUT2D eigenvalue weighted by molar-refractivity contribution is -0.413. The molecule has 166 valence electrons. The molecule has 0 fully saturated rings. The third-order valence-corrected chi connectivity index (χ3v) is 4.33. The monoisotopic (exact) mass is 400 g/mol. The molecule has 0 aromatic rings. The summed E-state index contributed by atoms with van der Waals surface area (Å²) in [7, 11) is 0. The molecule has 0 aliphatic rings. The molecule has 0 N–H and O–H groups in total. The van der Waals surface area contributed by atoms with Crippen molar-refractivity contribution < 1.29 is 23.7 Å². The maximum absolute atomic E-state index is 12.3. The Balaban J connectivity index is 5.35. The van der Waals surface area contributed by atoms with Crippen molar-refractivity contribution in [3.05, 3.63) is 12.2 Å². The molecule has 5 heteroatoms. The Morgan fingerprint density at radius 2 is 1.25 bits per heavy atom. The Labute approximate surface area is 173 Å². The van der Waals surface area contributed by atoms with Crippen LogP contribution < -0.4 is 0 Å². The van der Waals surface area contributed by atoms with E-state index in [1.807, 2.05) is 20.8 Å². The van der Waals surface area contributed by atoms with Crippen LogP contribution in [0.25, 0.3) is 0 Å². The molecule has 0 rings (SSSR count). The summed E-state index contributed by atoms with van der Waals surface area (Å²) in [4.78, 5) is 12.3. The number of hydrogen-bond acceptors (Lipinski definition) is 5. The van der Waals surface area contributed by atoms with Gasteiger partial charge in [0.05, 0.1) is 19.8 Å². The summed E-state index contributed by atoms with van der Waals surface area (Å²) in [5, 5.41) is 0. The number of rotatable bonds is 19. The molecule has 1 unspecified atom stereocenters. The number of carbonyl (C=O) groups excluding carboxylic acids is 1. The quantitative estimate of drug-likeness (QED) is 0.112. The van der Waals surface area contributed by atoms with Gasteiger partial charge in [-0.2, -0.15) is 0 Å². The molecule has 0 aliphatic carbocycles. The highest BCUT2D eigenvalue weighted by atomic mass is 16.9. The van der Waals surface area contributed by atoms with Crippen LogP contribution in [0.15, 0.2) is 12.2 Å². The largest absolute Gasteiger partial charge is 0.450 e. The zero-order valence-corrected chi connectivity index (χ0v) is 19.0. The lowest BCUT2D eigenvalue weighted by Crippen LogP contribution is -2.52. The van der Waals surface area contributed by atoms with Crippen molar-refractivity contribution in [3.63, 3.8) is 0 Å². The van der Waals surface area contributed by atoms with Crippen molar-refractivity contribution in [2.75, 3.05) is 19.8 Å². The van der Waals surface area contributed by atoms with Gasteiger partial charge in [0.15, 0.2) is 6.10 Å². The van der Waals surface area contributed by atoms with Gasteiger partial charge in [-0.15, -0.1) is 0 Å². The summed E-state index contributed by atoms with van der Waals surface area (Å²) in [5.41, 5.74) is 0.364. The zero-order valence-electron chi connectivity index (χ0n) is 19.0.